The maximum atomic E-state index is 11.6. The first kappa shape index (κ1) is 14.1. The standard InChI is InChI=1S/C14H17N3O3/c1-19-13-5-6-14(18)17(16-13)7-8-20-12-4-2-3-11(9-12)10-15/h2-6,9H,7-8,10,15H2,1H3. The molecule has 0 radical (unpaired) electrons. The van der Waals surface area contributed by atoms with Gasteiger partial charge in [-0.2, -0.15) is 0 Å². The fraction of sp³-hybridized carbons (Fsp3) is 0.286. The molecule has 0 saturated heterocycles. The average molecular weight is 275 g/mol. The molecule has 0 bridgehead atoms. The quantitative estimate of drug-likeness (QED) is 0.843. The summed E-state index contributed by atoms with van der Waals surface area (Å²) in [6, 6.07) is 10.5. The molecule has 6 nitrogen and oxygen atoms in total. The molecule has 1 heterocycles. The molecule has 1 aromatic heterocycles. The molecule has 0 aliphatic carbocycles. The highest BCUT2D eigenvalue weighted by atomic mass is 16.5. The maximum Gasteiger partial charge on any atom is 0.267 e. The van der Waals surface area contributed by atoms with Crippen LogP contribution in [0.4, 0.5) is 0 Å². The zero-order valence-electron chi connectivity index (χ0n) is 11.3. The Morgan fingerprint density at radius 2 is 2.15 bits per heavy atom. The van der Waals surface area contributed by atoms with Gasteiger partial charge in [-0.15, -0.1) is 5.10 Å². The van der Waals surface area contributed by atoms with Gasteiger partial charge in [-0.1, -0.05) is 12.1 Å². The molecular weight excluding hydrogens is 258 g/mol. The van der Waals surface area contributed by atoms with Gasteiger partial charge in [0.15, 0.2) is 0 Å². The first-order valence-corrected chi connectivity index (χ1v) is 6.27. The maximum absolute atomic E-state index is 11.6. The Kier molecular flexibility index (Phi) is 4.73. The number of methoxy groups -OCH3 is 1. The van der Waals surface area contributed by atoms with E-state index in [1.807, 2.05) is 24.3 Å². The van der Waals surface area contributed by atoms with Crippen molar-refractivity contribution in [1.82, 2.24) is 9.78 Å². The van der Waals surface area contributed by atoms with Crippen molar-refractivity contribution in [2.45, 2.75) is 13.1 Å². The van der Waals surface area contributed by atoms with Gasteiger partial charge < -0.3 is 15.2 Å². The smallest absolute Gasteiger partial charge is 0.267 e. The van der Waals surface area contributed by atoms with Crippen LogP contribution in [0.25, 0.3) is 0 Å². The molecule has 0 amide bonds. The molecule has 1 aromatic carbocycles. The van der Waals surface area contributed by atoms with Crippen molar-refractivity contribution in [3.8, 4) is 11.6 Å². The van der Waals surface area contributed by atoms with E-state index in [9.17, 15) is 4.79 Å². The summed E-state index contributed by atoms with van der Waals surface area (Å²) in [4.78, 5) is 11.6. The summed E-state index contributed by atoms with van der Waals surface area (Å²) in [6.07, 6.45) is 0. The number of benzene rings is 1. The number of hydrogen-bond donors (Lipinski definition) is 1. The molecule has 2 N–H and O–H groups in total. The van der Waals surface area contributed by atoms with Crippen molar-refractivity contribution in [3.05, 3.63) is 52.3 Å². The Labute approximate surface area is 116 Å². The average Bonchev–Trinajstić information content (AvgIpc) is 2.49. The molecule has 2 aromatic rings. The van der Waals surface area contributed by atoms with Crippen LogP contribution >= 0.6 is 0 Å². The summed E-state index contributed by atoms with van der Waals surface area (Å²) in [5.74, 6) is 1.12. The van der Waals surface area contributed by atoms with E-state index in [0.29, 0.717) is 25.6 Å². The first-order valence-electron chi connectivity index (χ1n) is 6.27. The Hall–Kier alpha value is -2.34. The molecule has 0 atom stereocenters. The predicted molar refractivity (Wildman–Crippen MR) is 74.9 cm³/mol. The lowest BCUT2D eigenvalue weighted by molar-refractivity contribution is 0.282. The Morgan fingerprint density at radius 3 is 2.90 bits per heavy atom. The number of nitrogens with two attached hydrogens (primary N) is 1. The van der Waals surface area contributed by atoms with Gasteiger partial charge >= 0.3 is 0 Å². The minimum atomic E-state index is -0.190. The summed E-state index contributed by atoms with van der Waals surface area (Å²) >= 11 is 0. The summed E-state index contributed by atoms with van der Waals surface area (Å²) in [6.45, 7) is 1.16. The van der Waals surface area contributed by atoms with Crippen LogP contribution in [0.2, 0.25) is 0 Å². The van der Waals surface area contributed by atoms with E-state index in [4.69, 9.17) is 15.2 Å². The number of ether oxygens (including phenoxy) is 2. The largest absolute Gasteiger partial charge is 0.492 e. The van der Waals surface area contributed by atoms with Gasteiger partial charge in [0.1, 0.15) is 12.4 Å². The zero-order chi connectivity index (χ0) is 14.4. The van der Waals surface area contributed by atoms with E-state index in [2.05, 4.69) is 5.10 Å². The van der Waals surface area contributed by atoms with Crippen molar-refractivity contribution >= 4 is 0 Å². The molecule has 0 spiro atoms. The second-order valence-corrected chi connectivity index (χ2v) is 4.14. The Morgan fingerprint density at radius 1 is 1.30 bits per heavy atom. The Balaban J connectivity index is 1.97. The monoisotopic (exact) mass is 275 g/mol. The molecule has 0 saturated carbocycles. The van der Waals surface area contributed by atoms with Crippen molar-refractivity contribution in [2.24, 2.45) is 5.73 Å². The van der Waals surface area contributed by atoms with E-state index < -0.39 is 0 Å². The first-order chi connectivity index (χ1) is 9.72. The second-order valence-electron chi connectivity index (χ2n) is 4.14. The van der Waals surface area contributed by atoms with Crippen LogP contribution in [0.5, 0.6) is 11.6 Å². The fourth-order valence-electron chi connectivity index (χ4n) is 1.71. The van der Waals surface area contributed by atoms with Gasteiger partial charge in [0, 0.05) is 18.7 Å². The van der Waals surface area contributed by atoms with Gasteiger partial charge in [-0.25, -0.2) is 4.68 Å². The highest BCUT2D eigenvalue weighted by molar-refractivity contribution is 5.28. The zero-order valence-corrected chi connectivity index (χ0v) is 11.3. The summed E-state index contributed by atoms with van der Waals surface area (Å²) in [5.41, 5.74) is 6.37. The minimum Gasteiger partial charge on any atom is -0.492 e. The van der Waals surface area contributed by atoms with E-state index in [1.54, 1.807) is 0 Å². The van der Waals surface area contributed by atoms with Crippen molar-refractivity contribution in [1.29, 1.82) is 0 Å². The minimum absolute atomic E-state index is 0.190. The third-order valence-electron chi connectivity index (χ3n) is 2.76. The Bertz CT molecular complexity index is 625. The molecule has 0 aliphatic heterocycles. The van der Waals surface area contributed by atoms with Crippen LogP contribution < -0.4 is 20.8 Å². The lowest BCUT2D eigenvalue weighted by Gasteiger charge is -2.09. The van der Waals surface area contributed by atoms with Crippen LogP contribution in [0.15, 0.2) is 41.2 Å². The van der Waals surface area contributed by atoms with E-state index in [-0.39, 0.29) is 5.56 Å². The van der Waals surface area contributed by atoms with Gasteiger partial charge in [-0.3, -0.25) is 4.79 Å². The summed E-state index contributed by atoms with van der Waals surface area (Å²) in [5, 5.41) is 4.04. The highest BCUT2D eigenvalue weighted by Gasteiger charge is 2.01. The van der Waals surface area contributed by atoms with Crippen LogP contribution in [0.3, 0.4) is 0 Å². The topological polar surface area (TPSA) is 79.4 Å². The van der Waals surface area contributed by atoms with Gasteiger partial charge in [-0.05, 0) is 17.7 Å². The molecule has 2 rings (SSSR count). The molecule has 0 fully saturated rings. The van der Waals surface area contributed by atoms with Crippen molar-refractivity contribution in [2.75, 3.05) is 13.7 Å². The predicted octanol–water partition coefficient (Wildman–Crippen LogP) is 0.790. The van der Waals surface area contributed by atoms with Crippen molar-refractivity contribution in [3.63, 3.8) is 0 Å². The van der Waals surface area contributed by atoms with Gasteiger partial charge in [0.25, 0.3) is 5.56 Å². The normalized spacial score (nSPS) is 10.3. The lowest BCUT2D eigenvalue weighted by atomic mass is 10.2. The van der Waals surface area contributed by atoms with Crippen LogP contribution in [0, 0.1) is 0 Å². The van der Waals surface area contributed by atoms with Crippen LogP contribution in [0.1, 0.15) is 5.56 Å². The third-order valence-corrected chi connectivity index (χ3v) is 2.76. The van der Waals surface area contributed by atoms with Crippen LogP contribution in [-0.2, 0) is 13.1 Å². The molecule has 0 aliphatic rings. The molecular formula is C14H17N3O3. The van der Waals surface area contributed by atoms with E-state index in [0.717, 1.165) is 11.3 Å². The van der Waals surface area contributed by atoms with Gasteiger partial charge in [0.05, 0.1) is 13.7 Å². The lowest BCUT2D eigenvalue weighted by Crippen LogP contribution is -2.25. The van der Waals surface area contributed by atoms with E-state index >= 15 is 0 Å². The second kappa shape index (κ2) is 6.72. The number of rotatable bonds is 6. The SMILES string of the molecule is COc1ccc(=O)n(CCOc2cccc(CN)c2)n1. The van der Waals surface area contributed by atoms with Crippen LogP contribution in [-0.4, -0.2) is 23.5 Å². The summed E-state index contributed by atoms with van der Waals surface area (Å²) in [7, 11) is 1.51. The fourth-order valence-corrected chi connectivity index (χ4v) is 1.71. The summed E-state index contributed by atoms with van der Waals surface area (Å²) < 4.78 is 11.9. The van der Waals surface area contributed by atoms with Crippen molar-refractivity contribution < 1.29 is 9.47 Å². The van der Waals surface area contributed by atoms with Gasteiger partial charge in [0.2, 0.25) is 5.88 Å². The van der Waals surface area contributed by atoms with E-state index in [1.165, 1.54) is 23.9 Å². The number of nitrogens with zero attached hydrogens (tertiary/aromatic N) is 2. The number of aromatic nitrogens is 2. The molecule has 6 heteroatoms. The molecule has 0 unspecified atom stereocenters. The molecule has 20 heavy (non-hydrogen) atoms. The number of hydrogen-bond acceptors (Lipinski definition) is 5. The molecule has 106 valence electrons. The highest BCUT2D eigenvalue weighted by Crippen LogP contribution is 2.12. The third kappa shape index (κ3) is 3.58.